The molecule has 2 N–H and O–H groups in total. The molecule has 0 aliphatic heterocycles. The number of aromatic nitrogens is 1. The molecule has 2 aromatic heterocycles. The summed E-state index contributed by atoms with van der Waals surface area (Å²) in [4.78, 5) is 17.1. The van der Waals surface area contributed by atoms with Gasteiger partial charge in [-0.3, -0.25) is 4.79 Å². The maximum atomic E-state index is 12.9. The van der Waals surface area contributed by atoms with Crippen molar-refractivity contribution >= 4 is 22.4 Å². The molecular formula is C17H16FN3O2S. The minimum absolute atomic E-state index is 0.163. The lowest BCUT2D eigenvalue weighted by atomic mass is 10.1. The highest BCUT2D eigenvalue weighted by atomic mass is 32.1. The Morgan fingerprint density at radius 2 is 2.08 bits per heavy atom. The predicted molar refractivity (Wildman–Crippen MR) is 90.4 cm³/mol. The van der Waals surface area contributed by atoms with Gasteiger partial charge in [-0.25, -0.2) is 9.37 Å². The number of nitrogens with one attached hydrogen (secondary N) is 2. The summed E-state index contributed by atoms with van der Waals surface area (Å²) in [6, 6.07) is 9.99. The molecule has 1 aromatic carbocycles. The first-order valence-electron chi connectivity index (χ1n) is 7.41. The smallest absolute Gasteiger partial charge is 0.240 e. The number of benzene rings is 1. The summed E-state index contributed by atoms with van der Waals surface area (Å²) in [5.41, 5.74) is 0.998. The van der Waals surface area contributed by atoms with Crippen LogP contribution in [0.15, 0.2) is 53.3 Å². The van der Waals surface area contributed by atoms with E-state index in [0.717, 1.165) is 16.2 Å². The van der Waals surface area contributed by atoms with Crippen molar-refractivity contribution in [3.63, 3.8) is 0 Å². The third-order valence-electron chi connectivity index (χ3n) is 3.26. The second-order valence-corrected chi connectivity index (χ2v) is 6.28. The highest BCUT2D eigenvalue weighted by Crippen LogP contribution is 2.21. The Hall–Kier alpha value is -2.51. The number of hydrogen-bond acceptors (Lipinski definition) is 5. The number of hydrogen-bond donors (Lipinski definition) is 2. The molecule has 3 rings (SSSR count). The minimum Gasteiger partial charge on any atom is -0.468 e. The zero-order chi connectivity index (χ0) is 16.8. The Kier molecular flexibility index (Phi) is 5.35. The molecule has 0 spiro atoms. The van der Waals surface area contributed by atoms with Gasteiger partial charge in [0.2, 0.25) is 5.91 Å². The molecule has 0 saturated heterocycles. The van der Waals surface area contributed by atoms with Crippen molar-refractivity contribution in [2.75, 3.05) is 11.9 Å². The van der Waals surface area contributed by atoms with Gasteiger partial charge in [-0.2, -0.15) is 0 Å². The summed E-state index contributed by atoms with van der Waals surface area (Å²) in [5.74, 6) is 0.362. The number of halogens is 1. The van der Waals surface area contributed by atoms with Crippen LogP contribution in [0, 0.1) is 5.82 Å². The molecule has 0 saturated carbocycles. The Morgan fingerprint density at radius 1 is 1.25 bits per heavy atom. The zero-order valence-corrected chi connectivity index (χ0v) is 13.6. The fourth-order valence-corrected chi connectivity index (χ4v) is 2.99. The molecule has 5 nitrogen and oxygen atoms in total. The highest BCUT2D eigenvalue weighted by molar-refractivity contribution is 7.15. The van der Waals surface area contributed by atoms with E-state index in [1.165, 1.54) is 23.5 Å². The second kappa shape index (κ2) is 7.85. The van der Waals surface area contributed by atoms with E-state index in [4.69, 9.17) is 4.42 Å². The van der Waals surface area contributed by atoms with Crippen molar-refractivity contribution in [1.82, 2.24) is 10.3 Å². The van der Waals surface area contributed by atoms with Gasteiger partial charge in [0.05, 0.1) is 19.4 Å². The topological polar surface area (TPSA) is 67.2 Å². The van der Waals surface area contributed by atoms with Gasteiger partial charge in [0.25, 0.3) is 0 Å². The molecule has 0 fully saturated rings. The standard InChI is InChI=1S/C17H16FN3O2S/c18-13-5-3-12(4-6-13)8-15-10-20-17(24-15)21-16(22)11-19-9-14-2-1-7-23-14/h1-7,10,19H,8-9,11H2,(H,20,21,22). The molecule has 124 valence electrons. The number of thiazole rings is 1. The van der Waals surface area contributed by atoms with Crippen molar-refractivity contribution in [3.05, 3.63) is 70.9 Å². The molecule has 2 heterocycles. The van der Waals surface area contributed by atoms with Crippen LogP contribution in [-0.2, 0) is 17.8 Å². The van der Waals surface area contributed by atoms with Crippen LogP contribution < -0.4 is 10.6 Å². The number of rotatable bonds is 7. The highest BCUT2D eigenvalue weighted by Gasteiger charge is 2.07. The monoisotopic (exact) mass is 345 g/mol. The van der Waals surface area contributed by atoms with Gasteiger partial charge in [0.1, 0.15) is 11.6 Å². The average Bonchev–Trinajstić information content (AvgIpc) is 3.22. The molecule has 0 radical (unpaired) electrons. The quantitative estimate of drug-likeness (QED) is 0.690. The van der Waals surface area contributed by atoms with Crippen LogP contribution in [0.3, 0.4) is 0 Å². The van der Waals surface area contributed by atoms with Gasteiger partial charge >= 0.3 is 0 Å². The molecule has 24 heavy (non-hydrogen) atoms. The van der Waals surface area contributed by atoms with Gasteiger partial charge in [-0.15, -0.1) is 11.3 Å². The van der Waals surface area contributed by atoms with E-state index in [2.05, 4.69) is 15.6 Å². The van der Waals surface area contributed by atoms with Crippen molar-refractivity contribution in [2.24, 2.45) is 0 Å². The van der Waals surface area contributed by atoms with Gasteiger partial charge in [0, 0.05) is 17.5 Å². The van der Waals surface area contributed by atoms with E-state index in [9.17, 15) is 9.18 Å². The lowest BCUT2D eigenvalue weighted by Gasteiger charge is -2.02. The van der Waals surface area contributed by atoms with Gasteiger partial charge in [-0.05, 0) is 29.8 Å². The van der Waals surface area contributed by atoms with Gasteiger partial charge in [-0.1, -0.05) is 12.1 Å². The van der Waals surface area contributed by atoms with E-state index >= 15 is 0 Å². The summed E-state index contributed by atoms with van der Waals surface area (Å²) in [6.45, 7) is 0.668. The van der Waals surface area contributed by atoms with Gasteiger partial charge < -0.3 is 15.1 Å². The van der Waals surface area contributed by atoms with Crippen LogP contribution in [-0.4, -0.2) is 17.4 Å². The SMILES string of the molecule is O=C(CNCc1ccco1)Nc1ncc(Cc2ccc(F)cc2)s1. The van der Waals surface area contributed by atoms with E-state index in [1.54, 1.807) is 30.7 Å². The van der Waals surface area contributed by atoms with Crippen LogP contribution in [0.2, 0.25) is 0 Å². The van der Waals surface area contributed by atoms with Crippen LogP contribution in [0.1, 0.15) is 16.2 Å². The van der Waals surface area contributed by atoms with Gasteiger partial charge in [0.15, 0.2) is 5.13 Å². The lowest BCUT2D eigenvalue weighted by Crippen LogP contribution is -2.27. The first-order valence-corrected chi connectivity index (χ1v) is 8.23. The van der Waals surface area contributed by atoms with Crippen molar-refractivity contribution in [1.29, 1.82) is 0 Å². The van der Waals surface area contributed by atoms with Crippen molar-refractivity contribution in [3.8, 4) is 0 Å². The predicted octanol–water partition coefficient (Wildman–Crippen LogP) is 3.19. The van der Waals surface area contributed by atoms with Crippen molar-refractivity contribution < 1.29 is 13.6 Å². The largest absolute Gasteiger partial charge is 0.468 e. The molecular weight excluding hydrogens is 329 g/mol. The molecule has 0 unspecified atom stereocenters. The summed E-state index contributed by atoms with van der Waals surface area (Å²) in [7, 11) is 0. The average molecular weight is 345 g/mol. The molecule has 0 atom stereocenters. The van der Waals surface area contributed by atoms with E-state index in [0.29, 0.717) is 18.1 Å². The van der Waals surface area contributed by atoms with E-state index in [1.807, 2.05) is 6.07 Å². The number of furan rings is 1. The number of carbonyl (C=O) groups is 1. The molecule has 0 aliphatic rings. The number of amides is 1. The Bertz CT molecular complexity index is 785. The maximum Gasteiger partial charge on any atom is 0.240 e. The summed E-state index contributed by atoms with van der Waals surface area (Å²) in [5, 5.41) is 6.30. The molecule has 1 amide bonds. The maximum absolute atomic E-state index is 12.9. The molecule has 3 aromatic rings. The third kappa shape index (κ3) is 4.74. The lowest BCUT2D eigenvalue weighted by molar-refractivity contribution is -0.115. The van der Waals surface area contributed by atoms with Crippen LogP contribution in [0.4, 0.5) is 9.52 Å². The summed E-state index contributed by atoms with van der Waals surface area (Å²) in [6.07, 6.45) is 3.97. The second-order valence-electron chi connectivity index (χ2n) is 5.17. The summed E-state index contributed by atoms with van der Waals surface area (Å²) >= 11 is 1.41. The Balaban J connectivity index is 1.46. The normalized spacial score (nSPS) is 10.7. The van der Waals surface area contributed by atoms with Crippen LogP contribution in [0.5, 0.6) is 0 Å². The number of anilines is 1. The minimum atomic E-state index is -0.252. The van der Waals surface area contributed by atoms with Crippen molar-refractivity contribution in [2.45, 2.75) is 13.0 Å². The molecule has 0 aliphatic carbocycles. The Morgan fingerprint density at radius 3 is 2.83 bits per heavy atom. The third-order valence-corrected chi connectivity index (χ3v) is 4.17. The zero-order valence-electron chi connectivity index (χ0n) is 12.8. The molecule has 0 bridgehead atoms. The Labute approximate surface area is 142 Å². The van der Waals surface area contributed by atoms with Crippen LogP contribution in [0.25, 0.3) is 0 Å². The fraction of sp³-hybridized carbons (Fsp3) is 0.176. The number of carbonyl (C=O) groups excluding carboxylic acids is 1. The first-order chi connectivity index (χ1) is 11.7. The van der Waals surface area contributed by atoms with E-state index in [-0.39, 0.29) is 18.3 Å². The number of nitrogens with zero attached hydrogens (tertiary/aromatic N) is 1. The van der Waals surface area contributed by atoms with Crippen LogP contribution >= 0.6 is 11.3 Å². The summed E-state index contributed by atoms with van der Waals surface area (Å²) < 4.78 is 18.1. The molecule has 7 heteroatoms. The fourth-order valence-electron chi connectivity index (χ4n) is 2.13. The first kappa shape index (κ1) is 16.4. The van der Waals surface area contributed by atoms with E-state index < -0.39 is 0 Å².